The zero-order valence-electron chi connectivity index (χ0n) is 11.1. The van der Waals surface area contributed by atoms with Gasteiger partial charge in [-0.25, -0.2) is 0 Å². The van der Waals surface area contributed by atoms with E-state index in [9.17, 15) is 0 Å². The van der Waals surface area contributed by atoms with Crippen molar-refractivity contribution in [3.05, 3.63) is 21.9 Å². The Labute approximate surface area is 118 Å². The van der Waals surface area contributed by atoms with Gasteiger partial charge in [0.25, 0.3) is 0 Å². The fourth-order valence-electron chi connectivity index (χ4n) is 2.27. The third kappa shape index (κ3) is 4.32. The third-order valence-corrected chi connectivity index (χ3v) is 4.49. The second kappa shape index (κ2) is 7.66. The predicted molar refractivity (Wildman–Crippen MR) is 78.0 cm³/mol. The second-order valence-corrected chi connectivity index (χ2v) is 6.03. The van der Waals surface area contributed by atoms with Crippen LogP contribution in [-0.2, 0) is 6.54 Å². The second-order valence-electron chi connectivity index (χ2n) is 4.86. The molecule has 1 aromatic heterocycles. The van der Waals surface area contributed by atoms with Gasteiger partial charge < -0.3 is 10.2 Å². The molecule has 1 fully saturated rings. The Morgan fingerprint density at radius 3 is 2.79 bits per heavy atom. The quantitative estimate of drug-likeness (QED) is 0.781. The largest absolute Gasteiger partial charge is 0.396 e. The lowest BCUT2D eigenvalue weighted by Gasteiger charge is -2.37. The highest BCUT2D eigenvalue weighted by Gasteiger charge is 2.24. The maximum absolute atomic E-state index is 8.99. The van der Waals surface area contributed by atoms with Gasteiger partial charge in [-0.2, -0.15) is 0 Å². The molecule has 0 radical (unpaired) electrons. The van der Waals surface area contributed by atoms with Gasteiger partial charge in [-0.15, -0.1) is 11.3 Å². The van der Waals surface area contributed by atoms with E-state index < -0.39 is 0 Å². The van der Waals surface area contributed by atoms with Gasteiger partial charge in [0, 0.05) is 30.6 Å². The Morgan fingerprint density at radius 2 is 2.16 bits per heavy atom. The summed E-state index contributed by atoms with van der Waals surface area (Å²) >= 11 is 1.70. The van der Waals surface area contributed by atoms with Crippen molar-refractivity contribution >= 4 is 11.3 Å². The van der Waals surface area contributed by atoms with Crippen LogP contribution >= 0.6 is 11.3 Å². The summed E-state index contributed by atoms with van der Waals surface area (Å²) in [4.78, 5) is 4.81. The first kappa shape index (κ1) is 14.5. The molecule has 0 aliphatic heterocycles. The normalized spacial score (nSPS) is 15.1. The van der Waals surface area contributed by atoms with E-state index >= 15 is 0 Å². The van der Waals surface area contributed by atoms with E-state index in [1.54, 1.807) is 11.3 Å². The topological polar surface area (TPSA) is 43.7 Å². The van der Waals surface area contributed by atoms with Crippen LogP contribution in [0.15, 0.2) is 12.1 Å². The maximum atomic E-state index is 8.99. The van der Waals surface area contributed by atoms with Gasteiger partial charge in [-0.3, -0.25) is 4.90 Å². The molecule has 1 heterocycles. The molecule has 1 aromatic rings. The Kier molecular flexibility index (Phi) is 5.87. The zero-order valence-corrected chi connectivity index (χ0v) is 12.0. The number of rotatable bonds is 6. The summed E-state index contributed by atoms with van der Waals surface area (Å²) in [6, 6.07) is 4.84. The van der Waals surface area contributed by atoms with Crippen LogP contribution in [0.5, 0.6) is 0 Å². The van der Waals surface area contributed by atoms with Crippen molar-refractivity contribution in [2.24, 2.45) is 0 Å². The SMILES string of the molecule is OCC#Cc1ccc(CN(CCCO)C2CCC2)s1. The minimum absolute atomic E-state index is 0.0854. The average Bonchev–Trinajstić information content (AvgIpc) is 2.79. The first-order chi connectivity index (χ1) is 9.33. The number of aliphatic hydroxyl groups is 2. The smallest absolute Gasteiger partial charge is 0.104 e. The zero-order chi connectivity index (χ0) is 13.5. The molecule has 0 spiro atoms. The molecule has 1 aliphatic carbocycles. The summed E-state index contributed by atoms with van der Waals surface area (Å²) < 4.78 is 0. The molecular formula is C15H21NO2S. The monoisotopic (exact) mass is 279 g/mol. The molecule has 4 heteroatoms. The van der Waals surface area contributed by atoms with Crippen LogP contribution in [-0.4, -0.2) is 40.9 Å². The van der Waals surface area contributed by atoms with Gasteiger partial charge in [-0.05, 0) is 31.4 Å². The fourth-order valence-corrected chi connectivity index (χ4v) is 3.18. The van der Waals surface area contributed by atoms with Gasteiger partial charge in [-0.1, -0.05) is 18.3 Å². The van der Waals surface area contributed by atoms with Gasteiger partial charge in [0.05, 0.1) is 4.88 Å². The predicted octanol–water partition coefficient (Wildman–Crippen LogP) is 1.83. The van der Waals surface area contributed by atoms with Crippen molar-refractivity contribution in [3.8, 4) is 11.8 Å². The summed E-state index contributed by atoms with van der Waals surface area (Å²) in [5.41, 5.74) is 0. The lowest BCUT2D eigenvalue weighted by Crippen LogP contribution is -2.40. The van der Waals surface area contributed by atoms with Gasteiger partial charge >= 0.3 is 0 Å². The highest BCUT2D eigenvalue weighted by molar-refractivity contribution is 7.12. The molecule has 2 rings (SSSR count). The molecule has 0 amide bonds. The summed E-state index contributed by atoms with van der Waals surface area (Å²) in [6.45, 7) is 2.10. The van der Waals surface area contributed by atoms with Crippen LogP contribution in [0.2, 0.25) is 0 Å². The van der Waals surface area contributed by atoms with E-state index in [-0.39, 0.29) is 13.2 Å². The Balaban J connectivity index is 1.93. The number of thiophene rings is 1. The molecule has 1 saturated carbocycles. The molecule has 0 atom stereocenters. The molecule has 19 heavy (non-hydrogen) atoms. The first-order valence-electron chi connectivity index (χ1n) is 6.87. The first-order valence-corrected chi connectivity index (χ1v) is 7.68. The summed E-state index contributed by atoms with van der Waals surface area (Å²) in [5, 5.41) is 17.7. The lowest BCUT2D eigenvalue weighted by molar-refractivity contribution is 0.110. The van der Waals surface area contributed by atoms with Gasteiger partial charge in [0.15, 0.2) is 0 Å². The van der Waals surface area contributed by atoms with E-state index in [1.165, 1.54) is 24.1 Å². The maximum Gasteiger partial charge on any atom is 0.104 e. The molecule has 0 aromatic carbocycles. The highest BCUT2D eigenvalue weighted by Crippen LogP contribution is 2.28. The number of hydrogen-bond acceptors (Lipinski definition) is 4. The molecule has 1 aliphatic rings. The summed E-state index contributed by atoms with van der Waals surface area (Å²) in [6.07, 6.45) is 4.75. The van der Waals surface area contributed by atoms with Crippen molar-refractivity contribution in [3.63, 3.8) is 0 Å². The molecule has 0 unspecified atom stereocenters. The van der Waals surface area contributed by atoms with Crippen LogP contribution in [0.25, 0.3) is 0 Å². The van der Waals surface area contributed by atoms with Crippen molar-refractivity contribution in [2.45, 2.75) is 38.3 Å². The highest BCUT2D eigenvalue weighted by atomic mass is 32.1. The van der Waals surface area contributed by atoms with Crippen LogP contribution in [0, 0.1) is 11.8 Å². The van der Waals surface area contributed by atoms with Crippen molar-refractivity contribution in [2.75, 3.05) is 19.8 Å². The third-order valence-electron chi connectivity index (χ3n) is 3.51. The number of hydrogen-bond donors (Lipinski definition) is 2. The Hall–Kier alpha value is -0.860. The molecule has 0 saturated heterocycles. The van der Waals surface area contributed by atoms with Crippen molar-refractivity contribution in [1.29, 1.82) is 0 Å². The van der Waals surface area contributed by atoms with E-state index in [0.29, 0.717) is 6.04 Å². The molecule has 104 valence electrons. The van der Waals surface area contributed by atoms with Crippen molar-refractivity contribution < 1.29 is 10.2 Å². The Morgan fingerprint density at radius 1 is 1.32 bits per heavy atom. The van der Waals surface area contributed by atoms with E-state index in [0.717, 1.165) is 24.4 Å². The lowest BCUT2D eigenvalue weighted by atomic mass is 9.91. The summed E-state index contributed by atoms with van der Waals surface area (Å²) in [7, 11) is 0. The van der Waals surface area contributed by atoms with Crippen LogP contribution in [0.4, 0.5) is 0 Å². The van der Waals surface area contributed by atoms with E-state index in [2.05, 4.69) is 22.8 Å². The molecule has 0 bridgehead atoms. The van der Waals surface area contributed by atoms with Crippen LogP contribution in [0.3, 0.4) is 0 Å². The van der Waals surface area contributed by atoms with Crippen molar-refractivity contribution in [1.82, 2.24) is 4.90 Å². The molecular weight excluding hydrogens is 258 g/mol. The average molecular weight is 279 g/mol. The van der Waals surface area contributed by atoms with E-state index in [1.807, 2.05) is 6.07 Å². The Bertz CT molecular complexity index is 442. The minimum atomic E-state index is -0.0854. The fraction of sp³-hybridized carbons (Fsp3) is 0.600. The van der Waals surface area contributed by atoms with Gasteiger partial charge in [0.2, 0.25) is 0 Å². The van der Waals surface area contributed by atoms with Crippen LogP contribution in [0.1, 0.15) is 35.4 Å². The minimum Gasteiger partial charge on any atom is -0.396 e. The summed E-state index contributed by atoms with van der Waals surface area (Å²) in [5.74, 6) is 5.63. The number of aliphatic hydroxyl groups excluding tert-OH is 2. The van der Waals surface area contributed by atoms with Gasteiger partial charge in [0.1, 0.15) is 6.61 Å². The van der Waals surface area contributed by atoms with E-state index in [4.69, 9.17) is 10.2 Å². The number of nitrogens with zero attached hydrogens (tertiary/aromatic N) is 1. The molecule has 2 N–H and O–H groups in total. The van der Waals surface area contributed by atoms with Crippen LogP contribution < -0.4 is 0 Å². The molecule has 3 nitrogen and oxygen atoms in total. The standard InChI is InChI=1S/C15H21NO2S/c17-10-2-6-14-7-8-15(19-14)12-16(9-3-11-18)13-4-1-5-13/h7-8,13,17-18H,1,3-5,9-12H2.